The van der Waals surface area contributed by atoms with Crippen LogP contribution in [0.1, 0.15) is 50.2 Å². The molecule has 1 aliphatic carbocycles. The summed E-state index contributed by atoms with van der Waals surface area (Å²) in [4.78, 5) is 28.7. The summed E-state index contributed by atoms with van der Waals surface area (Å²) in [5.41, 5.74) is 2.98. The van der Waals surface area contributed by atoms with E-state index >= 15 is 0 Å². The molecule has 0 saturated carbocycles. The van der Waals surface area contributed by atoms with Crippen LogP contribution in [0.3, 0.4) is 0 Å². The smallest absolute Gasteiger partial charge is 0.234 e. The maximum Gasteiger partial charge on any atom is 0.234 e. The average Bonchev–Trinajstić information content (AvgIpc) is 3.27. The molecular weight excluding hydrogens is 521 g/mol. The minimum absolute atomic E-state index is 0.0398. The Morgan fingerprint density at radius 2 is 1.83 bits per heavy atom. The molecule has 0 N–H and O–H groups in total. The zero-order valence-electron chi connectivity index (χ0n) is 19.3. The summed E-state index contributed by atoms with van der Waals surface area (Å²) < 4.78 is 0.778. The first kappa shape index (κ1) is 24.5. The predicted octanol–water partition coefficient (Wildman–Crippen LogP) is 7.30. The third kappa shape index (κ3) is 4.92. The summed E-state index contributed by atoms with van der Waals surface area (Å²) in [6, 6.07) is 15.5. The van der Waals surface area contributed by atoms with Gasteiger partial charge in [-0.1, -0.05) is 103 Å². The van der Waals surface area contributed by atoms with Gasteiger partial charge in [-0.3, -0.25) is 14.5 Å². The quantitative estimate of drug-likeness (QED) is 0.249. The molecule has 1 aromatic heterocycles. The molecule has 1 amide bonds. The van der Waals surface area contributed by atoms with Crippen molar-refractivity contribution in [2.45, 2.75) is 49.1 Å². The van der Waals surface area contributed by atoms with Crippen molar-refractivity contribution < 1.29 is 9.59 Å². The number of halogens is 2. The second-order valence-electron chi connectivity index (χ2n) is 9.56. The summed E-state index contributed by atoms with van der Waals surface area (Å²) in [6.07, 6.45) is 1.12. The fourth-order valence-corrected chi connectivity index (χ4v) is 7.04. The van der Waals surface area contributed by atoms with Crippen LogP contribution in [0.2, 0.25) is 10.0 Å². The van der Waals surface area contributed by atoms with E-state index in [4.69, 9.17) is 23.2 Å². The van der Waals surface area contributed by atoms with Crippen molar-refractivity contribution in [2.75, 3.05) is 4.90 Å². The number of anilines is 1. The van der Waals surface area contributed by atoms with Gasteiger partial charge in [0.2, 0.25) is 11.0 Å². The molecule has 5 nitrogen and oxygen atoms in total. The van der Waals surface area contributed by atoms with Crippen LogP contribution < -0.4 is 4.90 Å². The van der Waals surface area contributed by atoms with Gasteiger partial charge in [0.1, 0.15) is 0 Å². The first-order chi connectivity index (χ1) is 16.7. The Morgan fingerprint density at radius 3 is 2.60 bits per heavy atom. The first-order valence-electron chi connectivity index (χ1n) is 11.3. The minimum Gasteiger partial charge on any atom is -0.294 e. The van der Waals surface area contributed by atoms with Crippen LogP contribution in [0.4, 0.5) is 5.13 Å². The Hall–Kier alpha value is -2.19. The number of aromatic nitrogens is 2. The fraction of sp³-hybridized carbons (Fsp3) is 0.308. The van der Waals surface area contributed by atoms with Crippen molar-refractivity contribution in [1.82, 2.24) is 10.2 Å². The topological polar surface area (TPSA) is 63.2 Å². The van der Waals surface area contributed by atoms with Crippen molar-refractivity contribution in [2.24, 2.45) is 5.41 Å². The van der Waals surface area contributed by atoms with Crippen LogP contribution in [0, 0.1) is 5.41 Å². The lowest BCUT2D eigenvalue weighted by molar-refractivity contribution is -0.121. The minimum atomic E-state index is -0.427. The highest BCUT2D eigenvalue weighted by Crippen LogP contribution is 2.50. The number of thioether (sulfide) groups is 1. The SMILES string of the molecule is CC1(C)CC(=O)C2=C(C1)N(c1nnc(SCc3ccccc3)s1)C(=O)CC2c1cccc(Cl)c1Cl. The van der Waals surface area contributed by atoms with Crippen LogP contribution in [0.15, 0.2) is 64.1 Å². The molecule has 2 heterocycles. The number of carbonyl (C=O) groups excluding carboxylic acids is 2. The number of ketones is 1. The normalized spacial score (nSPS) is 19.8. The van der Waals surface area contributed by atoms with Crippen LogP contribution in [-0.2, 0) is 15.3 Å². The second-order valence-corrected chi connectivity index (χ2v) is 12.5. The monoisotopic (exact) mass is 543 g/mol. The number of benzene rings is 2. The van der Waals surface area contributed by atoms with Gasteiger partial charge in [0.05, 0.1) is 10.0 Å². The maximum absolute atomic E-state index is 13.6. The molecule has 2 aromatic carbocycles. The summed E-state index contributed by atoms with van der Waals surface area (Å²) in [7, 11) is 0. The highest BCUT2D eigenvalue weighted by atomic mass is 35.5. The van der Waals surface area contributed by atoms with E-state index in [1.807, 2.05) is 24.3 Å². The number of amides is 1. The van der Waals surface area contributed by atoms with Gasteiger partial charge in [0, 0.05) is 35.8 Å². The number of hydrogen-bond acceptors (Lipinski definition) is 6. The molecular formula is C26H23Cl2N3O2S2. The van der Waals surface area contributed by atoms with Crippen LogP contribution in [0.25, 0.3) is 0 Å². The van der Waals surface area contributed by atoms with Crippen LogP contribution in [0.5, 0.6) is 0 Å². The van der Waals surface area contributed by atoms with E-state index < -0.39 is 5.92 Å². The molecule has 0 bridgehead atoms. The first-order valence-corrected chi connectivity index (χ1v) is 13.8. The predicted molar refractivity (Wildman–Crippen MR) is 142 cm³/mol. The molecule has 1 atom stereocenters. The van der Waals surface area contributed by atoms with E-state index in [0.29, 0.717) is 44.9 Å². The van der Waals surface area contributed by atoms with Crippen molar-refractivity contribution in [3.8, 4) is 0 Å². The molecule has 1 unspecified atom stereocenters. The zero-order valence-corrected chi connectivity index (χ0v) is 22.4. The van der Waals surface area contributed by atoms with Gasteiger partial charge in [-0.2, -0.15) is 0 Å². The lowest BCUT2D eigenvalue weighted by atomic mass is 9.69. The number of allylic oxidation sites excluding steroid dienone is 2. The average molecular weight is 545 g/mol. The Kier molecular flexibility index (Phi) is 6.79. The molecule has 3 aromatic rings. The summed E-state index contributed by atoms with van der Waals surface area (Å²) in [5.74, 6) is 0.255. The number of Topliss-reactive ketones (excluding diaryl/α,β-unsaturated/α-hetero) is 1. The Bertz CT molecular complexity index is 1340. The van der Waals surface area contributed by atoms with Crippen molar-refractivity contribution in [3.05, 3.63) is 81.0 Å². The van der Waals surface area contributed by atoms with Gasteiger partial charge in [-0.25, -0.2) is 0 Å². The molecule has 1 aliphatic heterocycles. The van der Waals surface area contributed by atoms with Gasteiger partial charge in [0.15, 0.2) is 10.1 Å². The summed E-state index contributed by atoms with van der Waals surface area (Å²) in [5, 5.41) is 9.98. The third-order valence-electron chi connectivity index (χ3n) is 6.29. The Labute approximate surface area is 222 Å². The summed E-state index contributed by atoms with van der Waals surface area (Å²) in [6.45, 7) is 4.10. The standard InChI is InChI=1S/C26H23Cl2N3O2S2/c1-26(2)12-19-22(20(32)13-26)17(16-9-6-10-18(27)23(16)28)11-21(33)31(19)24-29-30-25(35-24)34-14-15-7-4-3-5-8-15/h3-10,17H,11-14H2,1-2H3. The molecule has 35 heavy (non-hydrogen) atoms. The van der Waals surface area contributed by atoms with Gasteiger partial charge < -0.3 is 0 Å². The lowest BCUT2D eigenvalue weighted by Crippen LogP contribution is -2.43. The maximum atomic E-state index is 13.6. The van der Waals surface area contributed by atoms with Crippen molar-refractivity contribution >= 4 is 63.1 Å². The molecule has 2 aliphatic rings. The fourth-order valence-electron chi connectivity index (χ4n) is 4.76. The molecule has 0 saturated heterocycles. The second kappa shape index (κ2) is 9.69. The third-order valence-corrected chi connectivity index (χ3v) is 9.24. The van der Waals surface area contributed by atoms with E-state index in [1.165, 1.54) is 16.9 Å². The van der Waals surface area contributed by atoms with E-state index in [0.717, 1.165) is 10.1 Å². The highest BCUT2D eigenvalue weighted by Gasteiger charge is 2.45. The molecule has 0 fully saturated rings. The molecule has 0 radical (unpaired) electrons. The number of nitrogens with zero attached hydrogens (tertiary/aromatic N) is 3. The molecule has 0 spiro atoms. The lowest BCUT2D eigenvalue weighted by Gasteiger charge is -2.42. The number of rotatable bonds is 5. The Morgan fingerprint density at radius 1 is 1.06 bits per heavy atom. The van der Waals surface area contributed by atoms with E-state index in [9.17, 15) is 9.59 Å². The van der Waals surface area contributed by atoms with E-state index in [2.05, 4.69) is 36.2 Å². The highest BCUT2D eigenvalue weighted by molar-refractivity contribution is 8.00. The van der Waals surface area contributed by atoms with Gasteiger partial charge in [-0.15, -0.1) is 10.2 Å². The van der Waals surface area contributed by atoms with E-state index in [1.54, 1.807) is 28.8 Å². The molecule has 180 valence electrons. The van der Waals surface area contributed by atoms with Gasteiger partial charge in [-0.05, 0) is 29.0 Å². The van der Waals surface area contributed by atoms with Crippen molar-refractivity contribution in [1.29, 1.82) is 0 Å². The number of hydrogen-bond donors (Lipinski definition) is 0. The molecule has 5 rings (SSSR count). The van der Waals surface area contributed by atoms with Crippen molar-refractivity contribution in [3.63, 3.8) is 0 Å². The van der Waals surface area contributed by atoms with Gasteiger partial charge in [0.25, 0.3) is 0 Å². The molecule has 9 heteroatoms. The van der Waals surface area contributed by atoms with Crippen LogP contribution in [-0.4, -0.2) is 21.9 Å². The van der Waals surface area contributed by atoms with Crippen LogP contribution >= 0.6 is 46.3 Å². The van der Waals surface area contributed by atoms with Gasteiger partial charge >= 0.3 is 0 Å². The zero-order chi connectivity index (χ0) is 24.7. The van der Waals surface area contributed by atoms with E-state index in [-0.39, 0.29) is 23.5 Å². The summed E-state index contributed by atoms with van der Waals surface area (Å²) >= 11 is 15.8. The Balaban J connectivity index is 1.53. The largest absolute Gasteiger partial charge is 0.294 e. The number of carbonyl (C=O) groups is 2.